The van der Waals surface area contributed by atoms with Crippen molar-refractivity contribution in [1.29, 1.82) is 0 Å². The summed E-state index contributed by atoms with van der Waals surface area (Å²) in [5.41, 5.74) is 3.45. The molecule has 0 bridgehead atoms. The zero-order chi connectivity index (χ0) is 14.8. The van der Waals surface area contributed by atoms with E-state index in [1.165, 1.54) is 36.8 Å². The molecule has 1 N–H and O–H groups in total. The van der Waals surface area contributed by atoms with Gasteiger partial charge in [-0.1, -0.05) is 44.9 Å². The Bertz CT molecular complexity index is 618. The van der Waals surface area contributed by atoms with Crippen LogP contribution < -0.4 is 5.32 Å². The van der Waals surface area contributed by atoms with Crippen molar-refractivity contribution < 1.29 is 0 Å². The number of aryl methyl sites for hydroxylation is 1. The number of aromatic nitrogens is 1. The summed E-state index contributed by atoms with van der Waals surface area (Å²) in [7, 11) is 0. The van der Waals surface area contributed by atoms with Gasteiger partial charge in [-0.25, -0.2) is 0 Å². The lowest BCUT2D eigenvalue weighted by Gasteiger charge is -2.35. The molecule has 1 aliphatic rings. The number of benzene rings is 1. The van der Waals surface area contributed by atoms with Crippen LogP contribution in [0.3, 0.4) is 0 Å². The van der Waals surface area contributed by atoms with E-state index >= 15 is 0 Å². The highest BCUT2D eigenvalue weighted by molar-refractivity contribution is 5.91. The number of hydrogen-bond acceptors (Lipinski definition) is 2. The van der Waals surface area contributed by atoms with Gasteiger partial charge in [0.05, 0.1) is 5.52 Å². The van der Waals surface area contributed by atoms with Crippen molar-refractivity contribution >= 4 is 16.6 Å². The lowest BCUT2D eigenvalue weighted by molar-refractivity contribution is 0.254. The highest BCUT2D eigenvalue weighted by atomic mass is 14.9. The van der Waals surface area contributed by atoms with Gasteiger partial charge in [0.1, 0.15) is 0 Å². The van der Waals surface area contributed by atoms with Gasteiger partial charge >= 0.3 is 0 Å². The van der Waals surface area contributed by atoms with E-state index in [2.05, 4.69) is 61.4 Å². The number of para-hydroxylation sites is 1. The molecule has 0 spiro atoms. The van der Waals surface area contributed by atoms with E-state index in [4.69, 9.17) is 0 Å². The molecule has 112 valence electrons. The Morgan fingerprint density at radius 2 is 1.90 bits per heavy atom. The summed E-state index contributed by atoms with van der Waals surface area (Å²) in [5.74, 6) is 1.53. The molecule has 1 aliphatic carbocycles. The summed E-state index contributed by atoms with van der Waals surface area (Å²) in [4.78, 5) is 4.64. The van der Waals surface area contributed by atoms with Crippen LogP contribution in [0.4, 0.5) is 5.69 Å². The number of nitrogens with one attached hydrogen (secondary N) is 1. The lowest BCUT2D eigenvalue weighted by atomic mass is 9.77. The SMILES string of the molecule is Cc1cc(NC2CCCCC2C(C)C)c2ccccc2n1. The Labute approximate surface area is 128 Å². The normalized spacial score (nSPS) is 22.7. The Balaban J connectivity index is 1.93. The van der Waals surface area contributed by atoms with Crippen molar-refractivity contribution in [2.75, 3.05) is 5.32 Å². The molecule has 0 radical (unpaired) electrons. The first-order chi connectivity index (χ1) is 10.1. The van der Waals surface area contributed by atoms with Crippen LogP contribution in [-0.2, 0) is 0 Å². The van der Waals surface area contributed by atoms with Gasteiger partial charge in [-0.3, -0.25) is 4.98 Å². The second kappa shape index (κ2) is 6.05. The summed E-state index contributed by atoms with van der Waals surface area (Å²) in [6.07, 6.45) is 5.38. The Morgan fingerprint density at radius 1 is 1.14 bits per heavy atom. The summed E-state index contributed by atoms with van der Waals surface area (Å²) in [6, 6.07) is 11.3. The van der Waals surface area contributed by atoms with Crippen molar-refractivity contribution in [3.63, 3.8) is 0 Å². The van der Waals surface area contributed by atoms with Crippen molar-refractivity contribution in [3.8, 4) is 0 Å². The minimum absolute atomic E-state index is 0.601. The van der Waals surface area contributed by atoms with Crippen LogP contribution in [0.25, 0.3) is 10.9 Å². The van der Waals surface area contributed by atoms with Gasteiger partial charge in [-0.05, 0) is 43.7 Å². The predicted molar refractivity (Wildman–Crippen MR) is 90.7 cm³/mol. The molecule has 2 unspecified atom stereocenters. The van der Waals surface area contributed by atoms with Gasteiger partial charge in [-0.2, -0.15) is 0 Å². The van der Waals surface area contributed by atoms with Gasteiger partial charge < -0.3 is 5.32 Å². The maximum Gasteiger partial charge on any atom is 0.0725 e. The smallest absolute Gasteiger partial charge is 0.0725 e. The number of rotatable bonds is 3. The van der Waals surface area contributed by atoms with Crippen LogP contribution in [0.15, 0.2) is 30.3 Å². The zero-order valence-electron chi connectivity index (χ0n) is 13.4. The monoisotopic (exact) mass is 282 g/mol. The first-order valence-corrected chi connectivity index (χ1v) is 8.28. The number of hydrogen-bond donors (Lipinski definition) is 1. The molecule has 2 nitrogen and oxygen atoms in total. The molecule has 21 heavy (non-hydrogen) atoms. The second-order valence-corrected chi connectivity index (χ2v) is 6.77. The van der Waals surface area contributed by atoms with Crippen LogP contribution in [0.1, 0.15) is 45.2 Å². The highest BCUT2D eigenvalue weighted by Gasteiger charge is 2.27. The fraction of sp³-hybridized carbons (Fsp3) is 0.526. The van der Waals surface area contributed by atoms with E-state index in [1.807, 2.05) is 0 Å². The Hall–Kier alpha value is -1.57. The molecule has 2 aromatic rings. The minimum atomic E-state index is 0.601. The lowest BCUT2D eigenvalue weighted by Crippen LogP contribution is -2.35. The van der Waals surface area contributed by atoms with Crippen LogP contribution in [-0.4, -0.2) is 11.0 Å². The summed E-state index contributed by atoms with van der Waals surface area (Å²) >= 11 is 0. The van der Waals surface area contributed by atoms with Gasteiger partial charge in [0.2, 0.25) is 0 Å². The van der Waals surface area contributed by atoms with E-state index in [9.17, 15) is 0 Å². The van der Waals surface area contributed by atoms with Crippen molar-refractivity contribution in [2.45, 2.75) is 52.5 Å². The van der Waals surface area contributed by atoms with Gasteiger partial charge in [0, 0.05) is 22.8 Å². The van der Waals surface area contributed by atoms with Gasteiger partial charge in [-0.15, -0.1) is 0 Å². The van der Waals surface area contributed by atoms with E-state index in [0.717, 1.165) is 23.0 Å². The fourth-order valence-electron chi connectivity index (χ4n) is 3.76. The van der Waals surface area contributed by atoms with Crippen LogP contribution in [0, 0.1) is 18.8 Å². The van der Waals surface area contributed by atoms with E-state index in [0.29, 0.717) is 6.04 Å². The fourth-order valence-corrected chi connectivity index (χ4v) is 3.76. The molecular weight excluding hydrogens is 256 g/mol. The number of anilines is 1. The average molecular weight is 282 g/mol. The first-order valence-electron chi connectivity index (χ1n) is 8.28. The van der Waals surface area contributed by atoms with Crippen molar-refractivity contribution in [3.05, 3.63) is 36.0 Å². The average Bonchev–Trinajstić information content (AvgIpc) is 2.47. The first kappa shape index (κ1) is 14.4. The molecule has 1 saturated carbocycles. The zero-order valence-corrected chi connectivity index (χ0v) is 13.4. The number of pyridine rings is 1. The molecule has 1 aromatic carbocycles. The van der Waals surface area contributed by atoms with E-state index in [-0.39, 0.29) is 0 Å². The summed E-state index contributed by atoms with van der Waals surface area (Å²) in [6.45, 7) is 6.81. The molecule has 0 amide bonds. The Morgan fingerprint density at radius 3 is 2.71 bits per heavy atom. The molecule has 1 fully saturated rings. The summed E-state index contributed by atoms with van der Waals surface area (Å²) in [5, 5.41) is 5.10. The third-order valence-corrected chi connectivity index (χ3v) is 4.86. The van der Waals surface area contributed by atoms with Crippen LogP contribution in [0.2, 0.25) is 0 Å². The standard InChI is InChI=1S/C19H26N2/c1-13(2)15-8-4-6-10-17(15)21-19-12-14(3)20-18-11-7-5-9-16(18)19/h5,7,9,11-13,15,17H,4,6,8,10H2,1-3H3,(H,20,21). The van der Waals surface area contributed by atoms with Gasteiger partial charge in [0.25, 0.3) is 0 Å². The predicted octanol–water partition coefficient (Wildman–Crippen LogP) is 5.17. The van der Waals surface area contributed by atoms with Crippen LogP contribution in [0.5, 0.6) is 0 Å². The third kappa shape index (κ3) is 3.04. The summed E-state index contributed by atoms with van der Waals surface area (Å²) < 4.78 is 0. The molecule has 3 rings (SSSR count). The number of fused-ring (bicyclic) bond motifs is 1. The topological polar surface area (TPSA) is 24.9 Å². The molecule has 2 heteroatoms. The largest absolute Gasteiger partial charge is 0.381 e. The maximum absolute atomic E-state index is 4.64. The molecule has 1 aromatic heterocycles. The van der Waals surface area contributed by atoms with Crippen molar-refractivity contribution in [1.82, 2.24) is 4.98 Å². The molecule has 2 atom stereocenters. The van der Waals surface area contributed by atoms with E-state index < -0.39 is 0 Å². The molecular formula is C19H26N2. The molecule has 1 heterocycles. The van der Waals surface area contributed by atoms with E-state index in [1.54, 1.807) is 0 Å². The van der Waals surface area contributed by atoms with Crippen molar-refractivity contribution in [2.24, 2.45) is 11.8 Å². The minimum Gasteiger partial charge on any atom is -0.381 e. The molecule has 0 aliphatic heterocycles. The Kier molecular flexibility index (Phi) is 4.14. The quantitative estimate of drug-likeness (QED) is 0.840. The molecule has 0 saturated heterocycles. The third-order valence-electron chi connectivity index (χ3n) is 4.86. The second-order valence-electron chi connectivity index (χ2n) is 6.77. The van der Waals surface area contributed by atoms with Gasteiger partial charge in [0.15, 0.2) is 0 Å². The maximum atomic E-state index is 4.64. The van der Waals surface area contributed by atoms with Crippen LogP contribution >= 0.6 is 0 Å². The number of nitrogens with zero attached hydrogens (tertiary/aromatic N) is 1. The highest BCUT2D eigenvalue weighted by Crippen LogP contribution is 2.34.